The van der Waals surface area contributed by atoms with E-state index in [1.54, 1.807) is 0 Å². The van der Waals surface area contributed by atoms with Gasteiger partial charge in [0.1, 0.15) is 0 Å². The Kier molecular flexibility index (Phi) is 4.67. The Morgan fingerprint density at radius 1 is 1.22 bits per heavy atom. The van der Waals surface area contributed by atoms with Crippen LogP contribution < -0.4 is 5.32 Å². The van der Waals surface area contributed by atoms with Crippen LogP contribution in [-0.4, -0.2) is 56.0 Å². The van der Waals surface area contributed by atoms with Crippen molar-refractivity contribution in [2.45, 2.75) is 57.7 Å². The van der Waals surface area contributed by atoms with E-state index in [1.807, 2.05) is 0 Å². The number of nitrogens with zero attached hydrogens (tertiary/aromatic N) is 1. The molecule has 0 saturated carbocycles. The molecule has 2 fully saturated rings. The van der Waals surface area contributed by atoms with Gasteiger partial charge in [0.15, 0.2) is 9.84 Å². The molecule has 0 aromatic heterocycles. The first-order valence-electron chi connectivity index (χ1n) is 7.17. The second-order valence-electron chi connectivity index (χ2n) is 6.07. The number of hydrogen-bond donors (Lipinski definition) is 1. The average Bonchev–Trinajstić information content (AvgIpc) is 2.27. The first kappa shape index (κ1) is 14.3. The van der Waals surface area contributed by atoms with Gasteiger partial charge in [0.05, 0.1) is 11.5 Å². The highest BCUT2D eigenvalue weighted by Crippen LogP contribution is 2.21. The second kappa shape index (κ2) is 5.88. The molecule has 0 radical (unpaired) electrons. The van der Waals surface area contributed by atoms with E-state index >= 15 is 0 Å². The van der Waals surface area contributed by atoms with Gasteiger partial charge in [-0.3, -0.25) is 4.90 Å². The van der Waals surface area contributed by atoms with Crippen LogP contribution in [0.3, 0.4) is 0 Å². The largest absolute Gasteiger partial charge is 0.311 e. The smallest absolute Gasteiger partial charge is 0.151 e. The van der Waals surface area contributed by atoms with Crippen molar-refractivity contribution in [3.63, 3.8) is 0 Å². The molecule has 18 heavy (non-hydrogen) atoms. The molecule has 0 bridgehead atoms. The van der Waals surface area contributed by atoms with Gasteiger partial charge in [-0.15, -0.1) is 0 Å². The van der Waals surface area contributed by atoms with Gasteiger partial charge in [-0.25, -0.2) is 8.42 Å². The monoisotopic (exact) mass is 274 g/mol. The van der Waals surface area contributed by atoms with E-state index in [0.29, 0.717) is 23.6 Å². The Labute approximate surface area is 111 Å². The van der Waals surface area contributed by atoms with Gasteiger partial charge < -0.3 is 5.32 Å². The van der Waals surface area contributed by atoms with Crippen molar-refractivity contribution in [3.8, 4) is 0 Å². The topological polar surface area (TPSA) is 49.4 Å². The van der Waals surface area contributed by atoms with E-state index in [9.17, 15) is 8.42 Å². The first-order valence-corrected chi connectivity index (χ1v) is 8.99. The summed E-state index contributed by atoms with van der Waals surface area (Å²) < 4.78 is 23.4. The van der Waals surface area contributed by atoms with Gasteiger partial charge in [0.25, 0.3) is 0 Å². The van der Waals surface area contributed by atoms with Gasteiger partial charge in [-0.2, -0.15) is 0 Å². The minimum absolute atomic E-state index is 0.264. The van der Waals surface area contributed by atoms with Crippen LogP contribution >= 0.6 is 0 Å². The van der Waals surface area contributed by atoms with E-state index < -0.39 is 9.84 Å². The average molecular weight is 274 g/mol. The second-order valence-corrected chi connectivity index (χ2v) is 8.29. The molecule has 2 rings (SSSR count). The van der Waals surface area contributed by atoms with E-state index in [0.717, 1.165) is 25.9 Å². The lowest BCUT2D eigenvalue weighted by molar-refractivity contribution is 0.135. The molecule has 4 nitrogen and oxygen atoms in total. The maximum Gasteiger partial charge on any atom is 0.151 e. The Morgan fingerprint density at radius 3 is 2.67 bits per heavy atom. The number of piperidine rings is 1. The van der Waals surface area contributed by atoms with Crippen molar-refractivity contribution in [2.75, 3.05) is 24.6 Å². The number of hydrogen-bond acceptors (Lipinski definition) is 4. The molecule has 0 aromatic rings. The molecule has 2 aliphatic rings. The molecule has 2 heterocycles. The lowest BCUT2D eigenvalue weighted by Gasteiger charge is -2.40. The van der Waals surface area contributed by atoms with Crippen molar-refractivity contribution < 1.29 is 8.42 Å². The Morgan fingerprint density at radius 2 is 2.00 bits per heavy atom. The SMILES string of the molecule is CC(C)NC1CCCN(C2CCCS(=O)(=O)C2)C1. The Hall–Kier alpha value is -0.130. The summed E-state index contributed by atoms with van der Waals surface area (Å²) in [5, 5.41) is 3.58. The highest BCUT2D eigenvalue weighted by molar-refractivity contribution is 7.91. The third-order valence-corrected chi connectivity index (χ3v) is 5.78. The zero-order valence-electron chi connectivity index (χ0n) is 11.6. The van der Waals surface area contributed by atoms with Gasteiger partial charge in [0.2, 0.25) is 0 Å². The summed E-state index contributed by atoms with van der Waals surface area (Å²) in [6.45, 7) is 6.42. The van der Waals surface area contributed by atoms with Crippen LogP contribution in [0.1, 0.15) is 39.5 Å². The molecule has 5 heteroatoms. The molecular formula is C13H26N2O2S. The molecule has 0 aliphatic carbocycles. The third kappa shape index (κ3) is 3.93. The molecule has 106 valence electrons. The van der Waals surface area contributed by atoms with E-state index in [-0.39, 0.29) is 6.04 Å². The molecule has 0 amide bonds. The van der Waals surface area contributed by atoms with Crippen molar-refractivity contribution in [1.29, 1.82) is 0 Å². The van der Waals surface area contributed by atoms with Crippen molar-refractivity contribution in [3.05, 3.63) is 0 Å². The van der Waals surface area contributed by atoms with Crippen molar-refractivity contribution in [2.24, 2.45) is 0 Å². The Bertz CT molecular complexity index is 367. The molecule has 1 N–H and O–H groups in total. The molecule has 2 atom stereocenters. The zero-order valence-corrected chi connectivity index (χ0v) is 12.4. The lowest BCUT2D eigenvalue weighted by Crippen LogP contribution is -2.53. The molecule has 0 spiro atoms. The number of rotatable bonds is 3. The normalized spacial score (nSPS) is 33.7. The predicted molar refractivity (Wildman–Crippen MR) is 74.5 cm³/mol. The fourth-order valence-corrected chi connectivity index (χ4v) is 4.97. The first-order chi connectivity index (χ1) is 8.46. The fraction of sp³-hybridized carbons (Fsp3) is 1.00. The highest BCUT2D eigenvalue weighted by Gasteiger charge is 2.32. The van der Waals surface area contributed by atoms with E-state index in [2.05, 4.69) is 24.1 Å². The van der Waals surface area contributed by atoms with E-state index in [1.165, 1.54) is 12.8 Å². The highest BCUT2D eigenvalue weighted by atomic mass is 32.2. The molecule has 2 unspecified atom stereocenters. The van der Waals surface area contributed by atoms with Crippen LogP contribution in [0, 0.1) is 0 Å². The van der Waals surface area contributed by atoms with Gasteiger partial charge in [-0.1, -0.05) is 13.8 Å². The minimum Gasteiger partial charge on any atom is -0.311 e. The summed E-state index contributed by atoms with van der Waals surface area (Å²) in [6.07, 6.45) is 4.29. The fourth-order valence-electron chi connectivity index (χ4n) is 3.23. The van der Waals surface area contributed by atoms with Crippen molar-refractivity contribution in [1.82, 2.24) is 10.2 Å². The van der Waals surface area contributed by atoms with Crippen LogP contribution in [0.5, 0.6) is 0 Å². The number of sulfone groups is 1. The maximum absolute atomic E-state index is 11.7. The minimum atomic E-state index is -2.78. The van der Waals surface area contributed by atoms with Gasteiger partial charge in [-0.05, 0) is 32.2 Å². The summed E-state index contributed by atoms with van der Waals surface area (Å²) in [6, 6.07) is 1.30. The zero-order chi connectivity index (χ0) is 13.2. The summed E-state index contributed by atoms with van der Waals surface area (Å²) in [5.74, 6) is 0.770. The molecule has 2 saturated heterocycles. The molecule has 2 aliphatic heterocycles. The van der Waals surface area contributed by atoms with Crippen LogP contribution in [-0.2, 0) is 9.84 Å². The number of nitrogens with one attached hydrogen (secondary N) is 1. The summed E-state index contributed by atoms with van der Waals surface area (Å²) >= 11 is 0. The van der Waals surface area contributed by atoms with Crippen molar-refractivity contribution >= 4 is 9.84 Å². The number of likely N-dealkylation sites (tertiary alicyclic amines) is 1. The predicted octanol–water partition coefficient (Wildman–Crippen LogP) is 1.03. The molecular weight excluding hydrogens is 248 g/mol. The quantitative estimate of drug-likeness (QED) is 0.835. The van der Waals surface area contributed by atoms with Gasteiger partial charge >= 0.3 is 0 Å². The summed E-state index contributed by atoms with van der Waals surface area (Å²) in [7, 11) is -2.78. The summed E-state index contributed by atoms with van der Waals surface area (Å²) in [4.78, 5) is 2.40. The Balaban J connectivity index is 1.92. The lowest BCUT2D eigenvalue weighted by atomic mass is 10.0. The van der Waals surface area contributed by atoms with E-state index in [4.69, 9.17) is 0 Å². The maximum atomic E-state index is 11.7. The molecule has 0 aromatic carbocycles. The van der Waals surface area contributed by atoms with Crippen LogP contribution in [0.4, 0.5) is 0 Å². The van der Waals surface area contributed by atoms with Crippen LogP contribution in [0.15, 0.2) is 0 Å². The summed E-state index contributed by atoms with van der Waals surface area (Å²) in [5.41, 5.74) is 0. The van der Waals surface area contributed by atoms with Crippen LogP contribution in [0.25, 0.3) is 0 Å². The standard InChI is InChI=1S/C13H26N2O2S/c1-11(2)14-12-5-3-7-15(9-12)13-6-4-8-18(16,17)10-13/h11-14H,3-10H2,1-2H3. The van der Waals surface area contributed by atoms with Crippen LogP contribution in [0.2, 0.25) is 0 Å². The third-order valence-electron chi connectivity index (χ3n) is 3.98. The van der Waals surface area contributed by atoms with Gasteiger partial charge in [0, 0.05) is 24.7 Å².